The molecular formula is C16H22BrNO3. The fourth-order valence-electron chi connectivity index (χ4n) is 2.51. The molecule has 0 aromatic heterocycles. The third-order valence-corrected chi connectivity index (χ3v) is 4.38. The largest absolute Gasteiger partial charge is 0.481 e. The first kappa shape index (κ1) is 16.3. The Morgan fingerprint density at radius 2 is 2.00 bits per heavy atom. The van der Waals surface area contributed by atoms with E-state index in [4.69, 9.17) is 4.74 Å². The van der Waals surface area contributed by atoms with Crippen molar-refractivity contribution in [3.8, 4) is 5.75 Å². The second-order valence-corrected chi connectivity index (χ2v) is 6.81. The van der Waals surface area contributed by atoms with Crippen LogP contribution in [-0.4, -0.2) is 40.7 Å². The number of carbonyl (C=O) groups is 1. The van der Waals surface area contributed by atoms with Crippen molar-refractivity contribution in [3.05, 3.63) is 28.7 Å². The van der Waals surface area contributed by atoms with Gasteiger partial charge in [0.15, 0.2) is 6.10 Å². The SMILES string of the molecule is CC(Oc1ccc(Br)cc1)C(=O)N1CCCC(C)(O)CC1. The van der Waals surface area contributed by atoms with Gasteiger partial charge in [-0.15, -0.1) is 0 Å². The van der Waals surface area contributed by atoms with Crippen LogP contribution in [-0.2, 0) is 4.79 Å². The van der Waals surface area contributed by atoms with Crippen molar-refractivity contribution in [3.63, 3.8) is 0 Å². The van der Waals surface area contributed by atoms with Gasteiger partial charge in [0, 0.05) is 17.6 Å². The first-order valence-electron chi connectivity index (χ1n) is 7.31. The summed E-state index contributed by atoms with van der Waals surface area (Å²) in [7, 11) is 0. The lowest BCUT2D eigenvalue weighted by Crippen LogP contribution is -2.41. The van der Waals surface area contributed by atoms with Gasteiger partial charge in [-0.2, -0.15) is 0 Å². The number of nitrogens with zero attached hydrogens (tertiary/aromatic N) is 1. The van der Waals surface area contributed by atoms with Gasteiger partial charge in [-0.25, -0.2) is 0 Å². The number of ether oxygens (including phenoxy) is 1. The van der Waals surface area contributed by atoms with Crippen LogP contribution < -0.4 is 4.74 Å². The predicted octanol–water partition coefficient (Wildman–Crippen LogP) is 2.98. The molecule has 5 heteroatoms. The van der Waals surface area contributed by atoms with Crippen LogP contribution in [0, 0.1) is 0 Å². The summed E-state index contributed by atoms with van der Waals surface area (Å²) in [5.74, 6) is 0.663. The maximum absolute atomic E-state index is 12.4. The molecule has 116 valence electrons. The molecule has 1 aliphatic heterocycles. The number of likely N-dealkylation sites (tertiary alicyclic amines) is 1. The van der Waals surface area contributed by atoms with Crippen LogP contribution in [0.25, 0.3) is 0 Å². The highest BCUT2D eigenvalue weighted by Crippen LogP contribution is 2.23. The predicted molar refractivity (Wildman–Crippen MR) is 85.3 cm³/mol. The normalized spacial score (nSPS) is 24.3. The van der Waals surface area contributed by atoms with Crippen molar-refractivity contribution in [2.75, 3.05) is 13.1 Å². The van der Waals surface area contributed by atoms with E-state index >= 15 is 0 Å². The summed E-state index contributed by atoms with van der Waals surface area (Å²) in [6.45, 7) is 4.87. The Balaban J connectivity index is 1.94. The second kappa shape index (κ2) is 6.79. The third-order valence-electron chi connectivity index (χ3n) is 3.85. The molecule has 2 atom stereocenters. The number of amides is 1. The van der Waals surface area contributed by atoms with Crippen LogP contribution in [0.1, 0.15) is 33.1 Å². The van der Waals surface area contributed by atoms with E-state index in [1.165, 1.54) is 0 Å². The van der Waals surface area contributed by atoms with Crippen LogP contribution in [0.15, 0.2) is 28.7 Å². The molecule has 1 amide bonds. The molecular weight excluding hydrogens is 334 g/mol. The monoisotopic (exact) mass is 355 g/mol. The van der Waals surface area contributed by atoms with Crippen molar-refractivity contribution in [1.29, 1.82) is 0 Å². The van der Waals surface area contributed by atoms with Crippen LogP contribution >= 0.6 is 15.9 Å². The molecule has 21 heavy (non-hydrogen) atoms. The molecule has 0 bridgehead atoms. The summed E-state index contributed by atoms with van der Waals surface area (Å²) in [5.41, 5.74) is -0.662. The lowest BCUT2D eigenvalue weighted by molar-refractivity contribution is -0.138. The number of hydrogen-bond acceptors (Lipinski definition) is 3. The van der Waals surface area contributed by atoms with Gasteiger partial charge < -0.3 is 14.7 Å². The van der Waals surface area contributed by atoms with Crippen LogP contribution in [0.5, 0.6) is 5.75 Å². The van der Waals surface area contributed by atoms with Crippen molar-refractivity contribution in [1.82, 2.24) is 4.90 Å². The van der Waals surface area contributed by atoms with Gasteiger partial charge in [-0.05, 0) is 57.4 Å². The maximum Gasteiger partial charge on any atom is 0.263 e. The summed E-state index contributed by atoms with van der Waals surface area (Å²) < 4.78 is 6.68. The molecule has 1 aromatic rings. The van der Waals surface area contributed by atoms with Crippen LogP contribution in [0.4, 0.5) is 0 Å². The molecule has 0 spiro atoms. The van der Waals surface area contributed by atoms with Gasteiger partial charge in [-0.1, -0.05) is 15.9 Å². The number of halogens is 1. The van der Waals surface area contributed by atoms with E-state index in [0.29, 0.717) is 25.3 Å². The number of rotatable bonds is 3. The number of aliphatic hydroxyl groups is 1. The third kappa shape index (κ3) is 4.71. The number of benzene rings is 1. The summed E-state index contributed by atoms with van der Waals surface area (Å²) in [4.78, 5) is 14.2. The molecule has 1 aromatic carbocycles. The van der Waals surface area contributed by atoms with Gasteiger partial charge >= 0.3 is 0 Å². The molecule has 4 nitrogen and oxygen atoms in total. The van der Waals surface area contributed by atoms with E-state index in [0.717, 1.165) is 17.3 Å². The van der Waals surface area contributed by atoms with E-state index in [9.17, 15) is 9.90 Å². The Kier molecular flexibility index (Phi) is 5.27. The Morgan fingerprint density at radius 3 is 2.67 bits per heavy atom. The van der Waals surface area contributed by atoms with E-state index in [1.807, 2.05) is 31.2 Å². The summed E-state index contributed by atoms with van der Waals surface area (Å²) in [5, 5.41) is 10.1. The maximum atomic E-state index is 12.4. The molecule has 1 heterocycles. The summed E-state index contributed by atoms with van der Waals surface area (Å²) in [6, 6.07) is 7.44. The van der Waals surface area contributed by atoms with Crippen LogP contribution in [0.2, 0.25) is 0 Å². The second-order valence-electron chi connectivity index (χ2n) is 5.89. The lowest BCUT2D eigenvalue weighted by Gasteiger charge is -2.25. The van der Waals surface area contributed by atoms with Crippen molar-refractivity contribution in [2.24, 2.45) is 0 Å². The molecule has 0 saturated carbocycles. The molecule has 1 saturated heterocycles. The molecule has 2 rings (SSSR count). The highest BCUT2D eigenvalue weighted by atomic mass is 79.9. The zero-order chi connectivity index (χ0) is 15.5. The van der Waals surface area contributed by atoms with E-state index in [2.05, 4.69) is 15.9 Å². The van der Waals surface area contributed by atoms with Gasteiger partial charge in [0.2, 0.25) is 0 Å². The van der Waals surface area contributed by atoms with E-state index in [1.54, 1.807) is 11.8 Å². The minimum atomic E-state index is -0.662. The Morgan fingerprint density at radius 1 is 1.33 bits per heavy atom. The van der Waals surface area contributed by atoms with Gasteiger partial charge in [0.05, 0.1) is 5.60 Å². The van der Waals surface area contributed by atoms with E-state index in [-0.39, 0.29) is 5.91 Å². The first-order chi connectivity index (χ1) is 9.87. The summed E-state index contributed by atoms with van der Waals surface area (Å²) in [6.07, 6.45) is 1.65. The zero-order valence-electron chi connectivity index (χ0n) is 12.5. The Bertz CT molecular complexity index is 487. The number of hydrogen-bond donors (Lipinski definition) is 1. The Labute approximate surface area is 134 Å². The van der Waals surface area contributed by atoms with Gasteiger partial charge in [-0.3, -0.25) is 4.79 Å². The van der Waals surface area contributed by atoms with Crippen molar-refractivity contribution < 1.29 is 14.6 Å². The molecule has 1 fully saturated rings. The van der Waals surface area contributed by atoms with Crippen molar-refractivity contribution >= 4 is 21.8 Å². The van der Waals surface area contributed by atoms with Crippen LogP contribution in [0.3, 0.4) is 0 Å². The summed E-state index contributed by atoms with van der Waals surface area (Å²) >= 11 is 3.37. The van der Waals surface area contributed by atoms with Crippen molar-refractivity contribution in [2.45, 2.75) is 44.8 Å². The zero-order valence-corrected chi connectivity index (χ0v) is 14.1. The van der Waals surface area contributed by atoms with E-state index < -0.39 is 11.7 Å². The highest BCUT2D eigenvalue weighted by Gasteiger charge is 2.29. The van der Waals surface area contributed by atoms with Gasteiger partial charge in [0.25, 0.3) is 5.91 Å². The minimum absolute atomic E-state index is 0.0179. The topological polar surface area (TPSA) is 49.8 Å². The average Bonchev–Trinajstić information content (AvgIpc) is 2.61. The molecule has 1 aliphatic rings. The highest BCUT2D eigenvalue weighted by molar-refractivity contribution is 9.10. The standard InChI is InChI=1S/C16H22BrNO3/c1-12(21-14-6-4-13(17)5-7-14)15(19)18-10-3-8-16(2,20)9-11-18/h4-7,12,20H,3,8-11H2,1-2H3. The fourth-order valence-corrected chi connectivity index (χ4v) is 2.77. The number of carbonyl (C=O) groups excluding carboxylic acids is 1. The lowest BCUT2D eigenvalue weighted by atomic mass is 9.98. The fraction of sp³-hybridized carbons (Fsp3) is 0.562. The minimum Gasteiger partial charge on any atom is -0.481 e. The van der Waals surface area contributed by atoms with Gasteiger partial charge in [0.1, 0.15) is 5.75 Å². The molecule has 1 N–H and O–H groups in total. The smallest absolute Gasteiger partial charge is 0.263 e. The molecule has 2 unspecified atom stereocenters. The quantitative estimate of drug-likeness (QED) is 0.906. The molecule has 0 aliphatic carbocycles. The average molecular weight is 356 g/mol. The Hall–Kier alpha value is -1.07. The first-order valence-corrected chi connectivity index (χ1v) is 8.10. The molecule has 0 radical (unpaired) electrons.